The van der Waals surface area contributed by atoms with E-state index in [0.29, 0.717) is 0 Å². The summed E-state index contributed by atoms with van der Waals surface area (Å²) >= 11 is 3.70. The van der Waals surface area contributed by atoms with Gasteiger partial charge in [0.1, 0.15) is 11.2 Å². The summed E-state index contributed by atoms with van der Waals surface area (Å²) in [6, 6.07) is 39.0. The van der Waals surface area contributed by atoms with E-state index in [0.717, 1.165) is 33.3 Å². The number of hydrogen-bond donors (Lipinski definition) is 0. The smallest absolute Gasteiger partial charge is 0.159 e. The number of thiophene rings is 2. The van der Waals surface area contributed by atoms with Crippen molar-refractivity contribution in [2.24, 2.45) is 0 Å². The molecule has 10 rings (SSSR count). The second kappa shape index (κ2) is 8.71. The molecule has 0 aliphatic carbocycles. The third kappa shape index (κ3) is 3.29. The van der Waals surface area contributed by atoms with Crippen LogP contribution in [0.5, 0.6) is 0 Å². The summed E-state index contributed by atoms with van der Waals surface area (Å²) in [6.07, 6.45) is 3.65. The van der Waals surface area contributed by atoms with E-state index in [1.807, 2.05) is 47.2 Å². The molecular weight excluding hydrogens is 565 g/mol. The highest BCUT2D eigenvalue weighted by Crippen LogP contribution is 2.51. The molecule has 0 radical (unpaired) electrons. The molecule has 0 saturated heterocycles. The Morgan fingerprint density at radius 3 is 2.07 bits per heavy atom. The maximum absolute atomic E-state index is 6.57. The van der Waals surface area contributed by atoms with E-state index < -0.39 is 0 Å². The van der Waals surface area contributed by atoms with Gasteiger partial charge in [-0.15, -0.1) is 22.7 Å². The molecule has 0 unspecified atom stereocenters. The second-order valence-electron chi connectivity index (χ2n) is 10.9. The molecule has 0 atom stereocenters. The Morgan fingerprint density at radius 1 is 0.488 bits per heavy atom. The number of aromatic nitrogens is 2. The Morgan fingerprint density at radius 2 is 1.19 bits per heavy atom. The van der Waals surface area contributed by atoms with E-state index in [-0.39, 0.29) is 0 Å². The first-order valence-electron chi connectivity index (χ1n) is 14.2. The van der Waals surface area contributed by atoms with Crippen LogP contribution in [0.1, 0.15) is 0 Å². The van der Waals surface area contributed by atoms with Gasteiger partial charge in [0.2, 0.25) is 0 Å². The number of rotatable bonds is 2. The van der Waals surface area contributed by atoms with E-state index in [2.05, 4.69) is 107 Å². The summed E-state index contributed by atoms with van der Waals surface area (Å²) in [7, 11) is 0. The van der Waals surface area contributed by atoms with Gasteiger partial charge in [-0.1, -0.05) is 66.7 Å². The lowest BCUT2D eigenvalue weighted by Crippen LogP contribution is -1.89. The zero-order chi connectivity index (χ0) is 28.1. The Labute approximate surface area is 253 Å². The standard InChI is InChI=1S/C38H20N2OS2/c1-2-9-22-19-32-29(18-21(22)8-1)33-26(38-39-16-7-17-40-38)15-14-24(36(33)43-32)28-20-27-23-10-3-5-12-30(23)41-35(27)34-25-11-4-6-13-31(25)42-37(28)34/h1-20H. The fourth-order valence-electron chi connectivity index (χ4n) is 6.67. The van der Waals surface area contributed by atoms with Gasteiger partial charge in [0.15, 0.2) is 5.82 Å². The van der Waals surface area contributed by atoms with Gasteiger partial charge in [-0.2, -0.15) is 0 Å². The molecule has 4 heterocycles. The van der Waals surface area contributed by atoms with Gasteiger partial charge in [0, 0.05) is 80.2 Å². The Balaban J connectivity index is 1.40. The highest BCUT2D eigenvalue weighted by molar-refractivity contribution is 7.27. The van der Waals surface area contributed by atoms with Crippen LogP contribution in [0.3, 0.4) is 0 Å². The Hall–Kier alpha value is -5.10. The molecule has 5 heteroatoms. The summed E-state index contributed by atoms with van der Waals surface area (Å²) in [6.45, 7) is 0. The van der Waals surface area contributed by atoms with Gasteiger partial charge in [-0.05, 0) is 53.2 Å². The summed E-state index contributed by atoms with van der Waals surface area (Å²) in [5.41, 5.74) is 5.40. The Bertz CT molecular complexity index is 2730. The molecule has 3 nitrogen and oxygen atoms in total. The van der Waals surface area contributed by atoms with Gasteiger partial charge in [-0.25, -0.2) is 9.97 Å². The molecule has 0 spiro atoms. The maximum atomic E-state index is 6.57. The van der Waals surface area contributed by atoms with Gasteiger partial charge >= 0.3 is 0 Å². The van der Waals surface area contributed by atoms with Crippen molar-refractivity contribution < 1.29 is 4.42 Å². The number of para-hydroxylation sites is 1. The fraction of sp³-hybridized carbons (Fsp3) is 0. The van der Waals surface area contributed by atoms with E-state index in [1.165, 1.54) is 62.2 Å². The normalized spacial score (nSPS) is 12.2. The first-order chi connectivity index (χ1) is 21.3. The van der Waals surface area contributed by atoms with Crippen LogP contribution in [0.4, 0.5) is 0 Å². The number of fused-ring (bicyclic) bond motifs is 11. The maximum Gasteiger partial charge on any atom is 0.159 e. The molecule has 4 aromatic heterocycles. The minimum absolute atomic E-state index is 0.746. The minimum Gasteiger partial charge on any atom is -0.455 e. The molecule has 10 aromatic rings. The summed E-state index contributed by atoms with van der Waals surface area (Å²) in [5.74, 6) is 0.746. The van der Waals surface area contributed by atoms with Gasteiger partial charge in [0.25, 0.3) is 0 Å². The second-order valence-corrected chi connectivity index (χ2v) is 13.0. The molecular formula is C38H20N2OS2. The number of nitrogens with zero attached hydrogens (tertiary/aromatic N) is 2. The molecule has 0 saturated carbocycles. The summed E-state index contributed by atoms with van der Waals surface area (Å²) in [5, 5.41) is 9.66. The van der Waals surface area contributed by atoms with Gasteiger partial charge in [0.05, 0.1) is 0 Å². The molecule has 0 bridgehead atoms. The van der Waals surface area contributed by atoms with Crippen molar-refractivity contribution in [1.82, 2.24) is 9.97 Å². The first-order valence-corrected chi connectivity index (χ1v) is 15.9. The Kier molecular flexibility index (Phi) is 4.75. The van der Waals surface area contributed by atoms with Crippen LogP contribution < -0.4 is 0 Å². The molecule has 0 fully saturated rings. The molecule has 0 aliphatic rings. The van der Waals surface area contributed by atoms with E-state index in [9.17, 15) is 0 Å². The van der Waals surface area contributed by atoms with E-state index >= 15 is 0 Å². The van der Waals surface area contributed by atoms with Crippen LogP contribution in [-0.4, -0.2) is 9.97 Å². The predicted molar refractivity (Wildman–Crippen MR) is 183 cm³/mol. The van der Waals surface area contributed by atoms with Crippen LogP contribution in [0.15, 0.2) is 126 Å². The first kappa shape index (κ1) is 23.5. The van der Waals surface area contributed by atoms with Crippen LogP contribution in [0, 0.1) is 0 Å². The number of hydrogen-bond acceptors (Lipinski definition) is 5. The van der Waals surface area contributed by atoms with Crippen molar-refractivity contribution in [2.75, 3.05) is 0 Å². The SMILES string of the molecule is c1cnc(-c2ccc(-c3cc4c5ccccc5oc4c4c3sc3ccccc34)c3sc4cc5ccccc5cc4c23)nc1. The zero-order valence-corrected chi connectivity index (χ0v) is 24.3. The van der Waals surface area contributed by atoms with Crippen LogP contribution >= 0.6 is 22.7 Å². The van der Waals surface area contributed by atoms with Crippen LogP contribution in [-0.2, 0) is 0 Å². The monoisotopic (exact) mass is 584 g/mol. The third-order valence-electron chi connectivity index (χ3n) is 8.57. The highest BCUT2D eigenvalue weighted by Gasteiger charge is 2.23. The lowest BCUT2D eigenvalue weighted by molar-refractivity contribution is 0.673. The van der Waals surface area contributed by atoms with Crippen molar-refractivity contribution in [1.29, 1.82) is 0 Å². The molecule has 0 N–H and O–H groups in total. The van der Waals surface area contributed by atoms with Crippen LogP contribution in [0.25, 0.3) is 95.6 Å². The average molecular weight is 585 g/mol. The third-order valence-corrected chi connectivity index (χ3v) is 11.0. The molecule has 0 amide bonds. The lowest BCUT2D eigenvalue weighted by atomic mass is 9.95. The number of benzene rings is 6. The van der Waals surface area contributed by atoms with Crippen LogP contribution in [0.2, 0.25) is 0 Å². The van der Waals surface area contributed by atoms with Crippen molar-refractivity contribution in [3.05, 3.63) is 122 Å². The van der Waals surface area contributed by atoms with Gasteiger partial charge < -0.3 is 4.42 Å². The lowest BCUT2D eigenvalue weighted by Gasteiger charge is -2.10. The highest BCUT2D eigenvalue weighted by atomic mass is 32.1. The molecule has 6 aromatic carbocycles. The minimum atomic E-state index is 0.746. The van der Waals surface area contributed by atoms with Crippen molar-refractivity contribution in [3.63, 3.8) is 0 Å². The molecule has 200 valence electrons. The van der Waals surface area contributed by atoms with Crippen molar-refractivity contribution in [2.45, 2.75) is 0 Å². The van der Waals surface area contributed by atoms with E-state index in [1.54, 1.807) is 0 Å². The fourth-order valence-corrected chi connectivity index (χ4v) is 9.18. The van der Waals surface area contributed by atoms with Gasteiger partial charge in [-0.3, -0.25) is 0 Å². The molecule has 43 heavy (non-hydrogen) atoms. The summed E-state index contributed by atoms with van der Waals surface area (Å²) < 4.78 is 11.6. The average Bonchev–Trinajstić information content (AvgIpc) is 3.74. The zero-order valence-electron chi connectivity index (χ0n) is 22.7. The van der Waals surface area contributed by atoms with Crippen molar-refractivity contribution >= 4 is 95.7 Å². The number of furan rings is 1. The van der Waals surface area contributed by atoms with E-state index in [4.69, 9.17) is 4.42 Å². The quantitative estimate of drug-likeness (QED) is 0.203. The largest absolute Gasteiger partial charge is 0.455 e. The topological polar surface area (TPSA) is 38.9 Å². The van der Waals surface area contributed by atoms with Crippen molar-refractivity contribution in [3.8, 4) is 22.5 Å². The molecule has 0 aliphatic heterocycles. The summed E-state index contributed by atoms with van der Waals surface area (Å²) in [4.78, 5) is 9.36. The predicted octanol–water partition coefficient (Wildman–Crippen LogP) is 11.6.